The first-order valence-corrected chi connectivity index (χ1v) is 7.25. The Morgan fingerprint density at radius 2 is 1.86 bits per heavy atom. The van der Waals surface area contributed by atoms with E-state index < -0.39 is 0 Å². The highest BCUT2D eigenvalue weighted by Gasteiger charge is 2.05. The van der Waals surface area contributed by atoms with Crippen LogP contribution >= 0.6 is 0 Å². The number of rotatable bonds is 6. The molecule has 0 heterocycles. The fourth-order valence-corrected chi connectivity index (χ4v) is 2.33. The molecule has 0 atom stereocenters. The zero-order chi connectivity index (χ0) is 15.2. The van der Waals surface area contributed by atoms with Crippen molar-refractivity contribution in [3.05, 3.63) is 53.1 Å². The molecule has 0 radical (unpaired) electrons. The summed E-state index contributed by atoms with van der Waals surface area (Å²) in [5.74, 6) is 1.82. The molecule has 3 heteroatoms. The van der Waals surface area contributed by atoms with Crippen LogP contribution in [0, 0.1) is 13.8 Å². The predicted molar refractivity (Wildman–Crippen MR) is 87.4 cm³/mol. The maximum Gasteiger partial charge on any atom is 0.123 e. The molecule has 0 spiro atoms. The second-order valence-corrected chi connectivity index (χ2v) is 5.08. The van der Waals surface area contributed by atoms with E-state index in [1.807, 2.05) is 19.1 Å². The minimum absolute atomic E-state index is 0.687. The molecule has 2 rings (SSSR count). The lowest BCUT2D eigenvalue weighted by Crippen LogP contribution is -2.03. The first kappa shape index (κ1) is 15.2. The second-order valence-electron chi connectivity index (χ2n) is 5.08. The maximum absolute atomic E-state index is 5.51. The fraction of sp³-hybridized carbons (Fsp3) is 0.333. The highest BCUT2D eigenvalue weighted by atomic mass is 16.5. The van der Waals surface area contributed by atoms with Crippen LogP contribution in [0.15, 0.2) is 36.4 Å². The number of hydrogen-bond acceptors (Lipinski definition) is 3. The van der Waals surface area contributed by atoms with Gasteiger partial charge in [0, 0.05) is 17.8 Å². The average Bonchev–Trinajstić information content (AvgIpc) is 2.47. The number of benzene rings is 2. The van der Waals surface area contributed by atoms with Gasteiger partial charge in [0.1, 0.15) is 11.5 Å². The van der Waals surface area contributed by atoms with Gasteiger partial charge in [0.15, 0.2) is 0 Å². The molecule has 2 aromatic carbocycles. The van der Waals surface area contributed by atoms with Crippen LogP contribution in [0.1, 0.15) is 23.6 Å². The lowest BCUT2D eigenvalue weighted by atomic mass is 10.1. The number of anilines is 1. The Morgan fingerprint density at radius 3 is 2.52 bits per heavy atom. The molecule has 0 saturated heterocycles. The van der Waals surface area contributed by atoms with Gasteiger partial charge in [-0.05, 0) is 50.6 Å². The smallest absolute Gasteiger partial charge is 0.123 e. The highest BCUT2D eigenvalue weighted by Crippen LogP contribution is 2.24. The Labute approximate surface area is 126 Å². The Hall–Kier alpha value is -2.16. The van der Waals surface area contributed by atoms with E-state index in [0.29, 0.717) is 6.61 Å². The van der Waals surface area contributed by atoms with Gasteiger partial charge in [-0.3, -0.25) is 0 Å². The quantitative estimate of drug-likeness (QED) is 0.857. The number of nitrogens with one attached hydrogen (secondary N) is 1. The Balaban J connectivity index is 2.11. The summed E-state index contributed by atoms with van der Waals surface area (Å²) in [6, 6.07) is 12.3. The molecule has 0 aliphatic carbocycles. The monoisotopic (exact) mass is 285 g/mol. The van der Waals surface area contributed by atoms with Crippen molar-refractivity contribution in [1.29, 1.82) is 0 Å². The number of hydrogen-bond donors (Lipinski definition) is 1. The third-order valence-corrected chi connectivity index (χ3v) is 3.41. The summed E-state index contributed by atoms with van der Waals surface area (Å²) >= 11 is 0. The number of methoxy groups -OCH3 is 1. The summed E-state index contributed by atoms with van der Waals surface area (Å²) in [4.78, 5) is 0. The summed E-state index contributed by atoms with van der Waals surface area (Å²) in [5, 5.41) is 3.46. The second kappa shape index (κ2) is 7.02. The summed E-state index contributed by atoms with van der Waals surface area (Å²) in [7, 11) is 1.70. The van der Waals surface area contributed by atoms with Crippen LogP contribution in [-0.4, -0.2) is 13.7 Å². The van der Waals surface area contributed by atoms with E-state index in [1.165, 1.54) is 11.1 Å². The fourth-order valence-electron chi connectivity index (χ4n) is 2.33. The van der Waals surface area contributed by atoms with Crippen molar-refractivity contribution >= 4 is 5.69 Å². The van der Waals surface area contributed by atoms with Gasteiger partial charge in [-0.1, -0.05) is 17.7 Å². The van der Waals surface area contributed by atoms with Crippen LogP contribution in [0.2, 0.25) is 0 Å². The van der Waals surface area contributed by atoms with E-state index in [2.05, 4.69) is 43.4 Å². The van der Waals surface area contributed by atoms with Crippen molar-refractivity contribution in [2.75, 3.05) is 19.0 Å². The normalized spacial score (nSPS) is 10.3. The van der Waals surface area contributed by atoms with Crippen molar-refractivity contribution < 1.29 is 9.47 Å². The first-order chi connectivity index (χ1) is 10.1. The molecule has 3 nitrogen and oxygen atoms in total. The Morgan fingerprint density at radius 1 is 1.05 bits per heavy atom. The molecule has 0 bridgehead atoms. The lowest BCUT2D eigenvalue weighted by Gasteiger charge is -2.14. The summed E-state index contributed by atoms with van der Waals surface area (Å²) in [6.07, 6.45) is 0. The molecule has 0 aromatic heterocycles. The average molecular weight is 285 g/mol. The van der Waals surface area contributed by atoms with Crippen molar-refractivity contribution in [3.8, 4) is 11.5 Å². The van der Waals surface area contributed by atoms with Crippen molar-refractivity contribution in [3.63, 3.8) is 0 Å². The van der Waals surface area contributed by atoms with E-state index >= 15 is 0 Å². The van der Waals surface area contributed by atoms with Gasteiger partial charge in [0.05, 0.1) is 13.7 Å². The van der Waals surface area contributed by atoms with Gasteiger partial charge >= 0.3 is 0 Å². The van der Waals surface area contributed by atoms with Crippen LogP contribution < -0.4 is 14.8 Å². The molecular weight excluding hydrogens is 262 g/mol. The minimum atomic E-state index is 0.687. The van der Waals surface area contributed by atoms with Crippen LogP contribution in [0.5, 0.6) is 11.5 Å². The van der Waals surface area contributed by atoms with E-state index in [4.69, 9.17) is 9.47 Å². The van der Waals surface area contributed by atoms with Gasteiger partial charge in [-0.2, -0.15) is 0 Å². The molecule has 0 aliphatic heterocycles. The third kappa shape index (κ3) is 3.91. The summed E-state index contributed by atoms with van der Waals surface area (Å²) in [6.45, 7) is 7.58. The van der Waals surface area contributed by atoms with Crippen LogP contribution in [0.3, 0.4) is 0 Å². The number of ether oxygens (including phenoxy) is 2. The molecule has 0 aliphatic rings. The van der Waals surface area contributed by atoms with Gasteiger partial charge < -0.3 is 14.8 Å². The first-order valence-electron chi connectivity index (χ1n) is 7.25. The SMILES string of the molecule is CCOc1ccc(NCc2cc(C)ccc2OC)c(C)c1. The third-order valence-electron chi connectivity index (χ3n) is 3.41. The Bertz CT molecular complexity index is 608. The molecule has 2 aromatic rings. The molecule has 112 valence electrons. The molecular formula is C18H23NO2. The summed E-state index contributed by atoms with van der Waals surface area (Å²) in [5.41, 5.74) is 4.68. The van der Waals surface area contributed by atoms with Crippen LogP contribution in [0.25, 0.3) is 0 Å². The van der Waals surface area contributed by atoms with Crippen molar-refractivity contribution in [2.24, 2.45) is 0 Å². The van der Waals surface area contributed by atoms with E-state index in [9.17, 15) is 0 Å². The highest BCUT2D eigenvalue weighted by molar-refractivity contribution is 5.54. The van der Waals surface area contributed by atoms with E-state index in [1.54, 1.807) is 7.11 Å². The molecule has 0 unspecified atom stereocenters. The van der Waals surface area contributed by atoms with Gasteiger partial charge in [0.25, 0.3) is 0 Å². The van der Waals surface area contributed by atoms with Crippen LogP contribution in [-0.2, 0) is 6.54 Å². The van der Waals surface area contributed by atoms with Gasteiger partial charge in [-0.25, -0.2) is 0 Å². The predicted octanol–water partition coefficient (Wildman–Crippen LogP) is 4.32. The van der Waals surface area contributed by atoms with E-state index in [0.717, 1.165) is 29.3 Å². The summed E-state index contributed by atoms with van der Waals surface area (Å²) < 4.78 is 10.9. The van der Waals surface area contributed by atoms with Gasteiger partial charge in [0.2, 0.25) is 0 Å². The maximum atomic E-state index is 5.51. The zero-order valence-electron chi connectivity index (χ0n) is 13.2. The minimum Gasteiger partial charge on any atom is -0.496 e. The molecule has 0 amide bonds. The largest absolute Gasteiger partial charge is 0.496 e. The standard InChI is InChI=1S/C18H23NO2/c1-5-21-16-7-8-17(14(3)11-16)19-12-15-10-13(2)6-9-18(15)20-4/h6-11,19H,5,12H2,1-4H3. The molecule has 0 saturated carbocycles. The Kier molecular flexibility index (Phi) is 5.09. The van der Waals surface area contributed by atoms with Crippen LogP contribution in [0.4, 0.5) is 5.69 Å². The van der Waals surface area contributed by atoms with Gasteiger partial charge in [-0.15, -0.1) is 0 Å². The lowest BCUT2D eigenvalue weighted by molar-refractivity contribution is 0.340. The molecule has 21 heavy (non-hydrogen) atoms. The topological polar surface area (TPSA) is 30.5 Å². The van der Waals surface area contributed by atoms with Crippen molar-refractivity contribution in [1.82, 2.24) is 0 Å². The molecule has 0 fully saturated rings. The molecule has 1 N–H and O–H groups in total. The van der Waals surface area contributed by atoms with Crippen molar-refractivity contribution in [2.45, 2.75) is 27.3 Å². The number of aryl methyl sites for hydroxylation is 2. The zero-order valence-corrected chi connectivity index (χ0v) is 13.2. The van der Waals surface area contributed by atoms with E-state index in [-0.39, 0.29) is 0 Å².